The Morgan fingerprint density at radius 2 is 1.92 bits per heavy atom. The molecule has 0 saturated carbocycles. The van der Waals surface area contributed by atoms with Crippen molar-refractivity contribution in [1.82, 2.24) is 9.78 Å². The maximum atomic E-state index is 14.2. The predicted molar refractivity (Wildman–Crippen MR) is 95.9 cm³/mol. The van der Waals surface area contributed by atoms with Crippen LogP contribution in [0.1, 0.15) is 11.1 Å². The number of rotatable bonds is 6. The topological polar surface area (TPSA) is 73.2 Å². The highest BCUT2D eigenvalue weighted by atomic mass is 32.2. The van der Waals surface area contributed by atoms with Gasteiger partial charge in [0, 0.05) is 24.9 Å². The molecule has 0 fully saturated rings. The quantitative estimate of drug-likeness (QED) is 0.718. The summed E-state index contributed by atoms with van der Waals surface area (Å²) in [4.78, 5) is 0.111. The molecule has 1 heterocycles. The molecule has 1 aromatic heterocycles. The van der Waals surface area contributed by atoms with Crippen LogP contribution in [-0.4, -0.2) is 18.2 Å². The van der Waals surface area contributed by atoms with E-state index in [1.54, 1.807) is 36.3 Å². The van der Waals surface area contributed by atoms with E-state index < -0.39 is 15.8 Å². The molecule has 8 heteroatoms. The van der Waals surface area contributed by atoms with E-state index >= 15 is 0 Å². The van der Waals surface area contributed by atoms with Gasteiger partial charge in [0.25, 0.3) is 10.0 Å². The van der Waals surface area contributed by atoms with Crippen molar-refractivity contribution in [2.45, 2.75) is 18.4 Å². The van der Waals surface area contributed by atoms with E-state index in [-0.39, 0.29) is 22.9 Å². The Kier molecular flexibility index (Phi) is 4.94. The van der Waals surface area contributed by atoms with Gasteiger partial charge in [0.15, 0.2) is 11.6 Å². The summed E-state index contributed by atoms with van der Waals surface area (Å²) in [5, 5.41) is 4.01. The lowest BCUT2D eigenvalue weighted by Crippen LogP contribution is -2.13. The summed E-state index contributed by atoms with van der Waals surface area (Å²) in [5.41, 5.74) is 1.87. The monoisotopic (exact) mass is 375 g/mol. The highest BCUT2D eigenvalue weighted by Gasteiger charge is 2.15. The van der Waals surface area contributed by atoms with E-state index in [1.165, 1.54) is 24.3 Å². The van der Waals surface area contributed by atoms with Crippen LogP contribution in [0.2, 0.25) is 0 Å². The van der Waals surface area contributed by atoms with Gasteiger partial charge in [-0.2, -0.15) is 5.10 Å². The lowest BCUT2D eigenvalue weighted by molar-refractivity contribution is 0.290. The molecule has 0 bridgehead atoms. The van der Waals surface area contributed by atoms with Gasteiger partial charge in [-0.3, -0.25) is 9.40 Å². The van der Waals surface area contributed by atoms with Crippen LogP contribution in [0.3, 0.4) is 0 Å². The fourth-order valence-corrected chi connectivity index (χ4v) is 3.37. The van der Waals surface area contributed by atoms with E-state index in [9.17, 15) is 12.8 Å². The summed E-state index contributed by atoms with van der Waals surface area (Å²) in [7, 11) is -2.00. The Balaban J connectivity index is 1.71. The van der Waals surface area contributed by atoms with Gasteiger partial charge in [-0.25, -0.2) is 12.8 Å². The third-order valence-corrected chi connectivity index (χ3v) is 5.07. The minimum Gasteiger partial charge on any atom is -0.486 e. The third kappa shape index (κ3) is 4.20. The number of halogens is 1. The molecule has 0 amide bonds. The van der Waals surface area contributed by atoms with Crippen molar-refractivity contribution in [2.75, 3.05) is 4.72 Å². The molecule has 3 rings (SSSR count). The normalized spacial score (nSPS) is 11.3. The van der Waals surface area contributed by atoms with Crippen LogP contribution in [0.15, 0.2) is 59.8 Å². The SMILES string of the molecule is Cc1ccc(S(=O)(=O)Nc2ccc(OCc3cnn(C)c3)c(F)c2)cc1. The van der Waals surface area contributed by atoms with E-state index in [4.69, 9.17) is 4.74 Å². The van der Waals surface area contributed by atoms with E-state index in [0.29, 0.717) is 0 Å². The predicted octanol–water partition coefficient (Wildman–Crippen LogP) is 3.25. The summed E-state index contributed by atoms with van der Waals surface area (Å²) in [6.45, 7) is 2.03. The van der Waals surface area contributed by atoms with Gasteiger partial charge >= 0.3 is 0 Å². The minimum atomic E-state index is -3.78. The van der Waals surface area contributed by atoms with Gasteiger partial charge in [0.1, 0.15) is 6.61 Å². The first-order chi connectivity index (χ1) is 12.3. The summed E-state index contributed by atoms with van der Waals surface area (Å²) in [5.74, 6) is -0.620. The molecule has 6 nitrogen and oxygen atoms in total. The molecule has 0 aliphatic carbocycles. The first kappa shape index (κ1) is 17.9. The Morgan fingerprint density at radius 1 is 1.19 bits per heavy atom. The zero-order valence-electron chi connectivity index (χ0n) is 14.3. The van der Waals surface area contributed by atoms with Gasteiger partial charge in [0.2, 0.25) is 0 Å². The Morgan fingerprint density at radius 3 is 2.54 bits per heavy atom. The first-order valence-electron chi connectivity index (χ1n) is 7.83. The number of hydrogen-bond donors (Lipinski definition) is 1. The average Bonchev–Trinajstić information content (AvgIpc) is 2.99. The number of aromatic nitrogens is 2. The number of benzene rings is 2. The highest BCUT2D eigenvalue weighted by molar-refractivity contribution is 7.92. The summed E-state index contributed by atoms with van der Waals surface area (Å²) < 4.78 is 48.3. The van der Waals surface area contributed by atoms with Crippen LogP contribution in [0, 0.1) is 12.7 Å². The number of aryl methyl sites for hydroxylation is 2. The van der Waals surface area contributed by atoms with Crippen molar-refractivity contribution in [3.05, 3.63) is 71.8 Å². The summed E-state index contributed by atoms with van der Waals surface area (Å²) in [6, 6.07) is 10.3. The van der Waals surface area contributed by atoms with Gasteiger partial charge in [-0.05, 0) is 31.2 Å². The largest absolute Gasteiger partial charge is 0.486 e. The first-order valence-corrected chi connectivity index (χ1v) is 9.31. The molecule has 3 aromatic rings. The zero-order chi connectivity index (χ0) is 18.7. The molecule has 0 spiro atoms. The van der Waals surface area contributed by atoms with Crippen molar-refractivity contribution in [3.63, 3.8) is 0 Å². The smallest absolute Gasteiger partial charge is 0.261 e. The standard InChI is InChI=1S/C18H18FN3O3S/c1-13-3-6-16(7-4-13)26(23,24)21-15-5-8-18(17(19)9-15)25-12-14-10-20-22(2)11-14/h3-11,21H,12H2,1-2H3. The molecule has 0 radical (unpaired) electrons. The lowest BCUT2D eigenvalue weighted by atomic mass is 10.2. The summed E-state index contributed by atoms with van der Waals surface area (Å²) in [6.07, 6.45) is 3.39. The van der Waals surface area contributed by atoms with Crippen molar-refractivity contribution in [3.8, 4) is 5.75 Å². The Labute approximate surface area is 151 Å². The average molecular weight is 375 g/mol. The van der Waals surface area contributed by atoms with Gasteiger partial charge in [-0.15, -0.1) is 0 Å². The van der Waals surface area contributed by atoms with Crippen molar-refractivity contribution >= 4 is 15.7 Å². The highest BCUT2D eigenvalue weighted by Crippen LogP contribution is 2.24. The van der Waals surface area contributed by atoms with Crippen LogP contribution < -0.4 is 9.46 Å². The molecule has 0 saturated heterocycles. The third-order valence-electron chi connectivity index (χ3n) is 3.67. The van der Waals surface area contributed by atoms with Crippen molar-refractivity contribution < 1.29 is 17.5 Å². The van der Waals surface area contributed by atoms with Gasteiger partial charge in [-0.1, -0.05) is 17.7 Å². The zero-order valence-corrected chi connectivity index (χ0v) is 15.1. The van der Waals surface area contributed by atoms with Gasteiger partial charge in [0.05, 0.1) is 16.8 Å². The second-order valence-corrected chi connectivity index (χ2v) is 7.56. The van der Waals surface area contributed by atoms with Gasteiger partial charge < -0.3 is 4.74 Å². The van der Waals surface area contributed by atoms with Crippen LogP contribution in [0.25, 0.3) is 0 Å². The van der Waals surface area contributed by atoms with Crippen LogP contribution in [0.5, 0.6) is 5.75 Å². The minimum absolute atomic E-state index is 0.0344. The summed E-state index contributed by atoms with van der Waals surface area (Å²) >= 11 is 0. The van der Waals surface area contributed by atoms with Crippen molar-refractivity contribution in [1.29, 1.82) is 0 Å². The second-order valence-electron chi connectivity index (χ2n) is 5.87. The molecule has 2 aromatic carbocycles. The lowest BCUT2D eigenvalue weighted by Gasteiger charge is -2.11. The molecule has 0 unspecified atom stereocenters. The molecule has 1 N–H and O–H groups in total. The van der Waals surface area contributed by atoms with Crippen LogP contribution in [0.4, 0.5) is 10.1 Å². The molecule has 0 atom stereocenters. The Bertz CT molecular complexity index is 1010. The molecule has 26 heavy (non-hydrogen) atoms. The van der Waals surface area contributed by atoms with E-state index in [0.717, 1.165) is 17.2 Å². The maximum Gasteiger partial charge on any atom is 0.261 e. The number of hydrogen-bond acceptors (Lipinski definition) is 4. The molecular formula is C18H18FN3O3S. The molecular weight excluding hydrogens is 357 g/mol. The number of anilines is 1. The molecule has 0 aliphatic rings. The van der Waals surface area contributed by atoms with Crippen LogP contribution >= 0.6 is 0 Å². The fourth-order valence-electron chi connectivity index (χ4n) is 2.32. The Hall–Kier alpha value is -2.87. The number of ether oxygens (including phenoxy) is 1. The van der Waals surface area contributed by atoms with E-state index in [2.05, 4.69) is 9.82 Å². The van der Waals surface area contributed by atoms with Crippen LogP contribution in [-0.2, 0) is 23.7 Å². The molecule has 136 valence electrons. The number of sulfonamides is 1. The fraction of sp³-hybridized carbons (Fsp3) is 0.167. The van der Waals surface area contributed by atoms with Crippen molar-refractivity contribution in [2.24, 2.45) is 7.05 Å². The maximum absolute atomic E-state index is 14.2. The number of nitrogens with one attached hydrogen (secondary N) is 1. The number of nitrogens with zero attached hydrogens (tertiary/aromatic N) is 2. The molecule has 0 aliphatic heterocycles. The second kappa shape index (κ2) is 7.17. The van der Waals surface area contributed by atoms with E-state index in [1.807, 2.05) is 6.92 Å².